The van der Waals surface area contributed by atoms with E-state index in [-0.39, 0.29) is 0 Å². The predicted octanol–water partition coefficient (Wildman–Crippen LogP) is 1.75. The van der Waals surface area contributed by atoms with Gasteiger partial charge in [-0.2, -0.15) is 0 Å². The van der Waals surface area contributed by atoms with Gasteiger partial charge in [0.05, 0.1) is 6.10 Å². The molecule has 1 unspecified atom stereocenters. The molecule has 0 spiro atoms. The van der Waals surface area contributed by atoms with Gasteiger partial charge in [0.1, 0.15) is 0 Å². The summed E-state index contributed by atoms with van der Waals surface area (Å²) in [7, 11) is 4.05. The van der Waals surface area contributed by atoms with Gasteiger partial charge in [0.2, 0.25) is 0 Å². The van der Waals surface area contributed by atoms with Crippen LogP contribution in [0.5, 0.6) is 0 Å². The number of likely N-dealkylation sites (tertiary alicyclic amines) is 1. The molecule has 3 heteroatoms. The Bertz CT molecular complexity index is 373. The van der Waals surface area contributed by atoms with Crippen molar-refractivity contribution < 1.29 is 5.11 Å². The Morgan fingerprint density at radius 1 is 1.33 bits per heavy atom. The standard InChI is InChI=1S/C15H24N2O/c1-16-11-15(18)14-6-4-3-5-13(14)12-7-9-17(2)10-8-12/h3-6,12,15-16,18H,7-11H2,1-2H3. The number of hydrogen-bond acceptors (Lipinski definition) is 3. The van der Waals surface area contributed by atoms with Crippen molar-refractivity contribution >= 4 is 0 Å². The van der Waals surface area contributed by atoms with Crippen LogP contribution < -0.4 is 5.32 Å². The third-order valence-corrected chi connectivity index (χ3v) is 3.91. The molecule has 1 atom stereocenters. The molecule has 18 heavy (non-hydrogen) atoms. The first kappa shape index (κ1) is 13.5. The van der Waals surface area contributed by atoms with E-state index in [1.165, 1.54) is 18.4 Å². The minimum atomic E-state index is -0.397. The van der Waals surface area contributed by atoms with E-state index in [1.54, 1.807) is 0 Å². The highest BCUT2D eigenvalue weighted by molar-refractivity contribution is 5.32. The van der Waals surface area contributed by atoms with Gasteiger partial charge in [-0.05, 0) is 57.1 Å². The molecular weight excluding hydrogens is 224 g/mol. The van der Waals surface area contributed by atoms with Crippen LogP contribution in [0.25, 0.3) is 0 Å². The van der Waals surface area contributed by atoms with Crippen molar-refractivity contribution in [3.05, 3.63) is 35.4 Å². The van der Waals surface area contributed by atoms with Gasteiger partial charge in [0.25, 0.3) is 0 Å². The summed E-state index contributed by atoms with van der Waals surface area (Å²) < 4.78 is 0. The van der Waals surface area contributed by atoms with Gasteiger partial charge >= 0.3 is 0 Å². The second-order valence-corrected chi connectivity index (χ2v) is 5.28. The summed E-state index contributed by atoms with van der Waals surface area (Å²) in [5.41, 5.74) is 2.44. The van der Waals surface area contributed by atoms with Gasteiger partial charge in [-0.1, -0.05) is 24.3 Å². The number of nitrogens with zero attached hydrogens (tertiary/aromatic N) is 1. The molecule has 1 fully saturated rings. The molecule has 0 amide bonds. The average molecular weight is 248 g/mol. The quantitative estimate of drug-likeness (QED) is 0.852. The second kappa shape index (κ2) is 6.32. The lowest BCUT2D eigenvalue weighted by atomic mass is 9.85. The zero-order chi connectivity index (χ0) is 13.0. The van der Waals surface area contributed by atoms with Crippen molar-refractivity contribution in [2.45, 2.75) is 24.9 Å². The summed E-state index contributed by atoms with van der Waals surface area (Å²) in [5.74, 6) is 0.601. The van der Waals surface area contributed by atoms with Crippen LogP contribution in [0.1, 0.15) is 36.0 Å². The summed E-state index contributed by atoms with van der Waals surface area (Å²) in [4.78, 5) is 2.38. The topological polar surface area (TPSA) is 35.5 Å². The average Bonchev–Trinajstić information content (AvgIpc) is 2.40. The fourth-order valence-corrected chi connectivity index (χ4v) is 2.81. The van der Waals surface area contributed by atoms with Crippen LogP contribution in [-0.2, 0) is 0 Å². The molecule has 1 aliphatic heterocycles. The molecule has 3 nitrogen and oxygen atoms in total. The van der Waals surface area contributed by atoms with Gasteiger partial charge in [-0.3, -0.25) is 0 Å². The zero-order valence-corrected chi connectivity index (χ0v) is 11.4. The second-order valence-electron chi connectivity index (χ2n) is 5.28. The molecule has 1 aliphatic rings. The van der Waals surface area contributed by atoms with Crippen LogP contribution in [0.15, 0.2) is 24.3 Å². The highest BCUT2D eigenvalue weighted by atomic mass is 16.3. The lowest BCUT2D eigenvalue weighted by molar-refractivity contribution is 0.174. The Labute approximate surface area is 110 Å². The van der Waals surface area contributed by atoms with Crippen LogP contribution in [0.2, 0.25) is 0 Å². The molecule has 0 aromatic heterocycles. The minimum absolute atomic E-state index is 0.397. The lowest BCUT2D eigenvalue weighted by Crippen LogP contribution is -2.30. The van der Waals surface area contributed by atoms with Crippen LogP contribution in [0, 0.1) is 0 Å². The number of aliphatic hydroxyl groups excluding tert-OH is 1. The van der Waals surface area contributed by atoms with E-state index in [1.807, 2.05) is 13.1 Å². The first-order valence-electron chi connectivity index (χ1n) is 6.82. The van der Waals surface area contributed by atoms with E-state index in [4.69, 9.17) is 0 Å². The van der Waals surface area contributed by atoms with E-state index in [9.17, 15) is 5.11 Å². The van der Waals surface area contributed by atoms with Crippen LogP contribution in [0.3, 0.4) is 0 Å². The van der Waals surface area contributed by atoms with Crippen molar-refractivity contribution in [2.24, 2.45) is 0 Å². The number of nitrogens with one attached hydrogen (secondary N) is 1. The molecule has 0 bridgehead atoms. The number of aliphatic hydroxyl groups is 1. The zero-order valence-electron chi connectivity index (χ0n) is 11.4. The largest absolute Gasteiger partial charge is 0.387 e. The molecule has 1 heterocycles. The molecule has 0 saturated carbocycles. The highest BCUT2D eigenvalue weighted by Gasteiger charge is 2.22. The summed E-state index contributed by atoms with van der Waals surface area (Å²) in [6, 6.07) is 8.36. The Kier molecular flexibility index (Phi) is 4.75. The maximum atomic E-state index is 10.2. The van der Waals surface area contributed by atoms with E-state index in [0.717, 1.165) is 18.7 Å². The molecule has 1 saturated heterocycles. The number of likely N-dealkylation sites (N-methyl/N-ethyl adjacent to an activating group) is 1. The SMILES string of the molecule is CNCC(O)c1ccccc1C1CCN(C)CC1. The number of piperidine rings is 1. The van der Waals surface area contributed by atoms with E-state index in [0.29, 0.717) is 12.5 Å². The van der Waals surface area contributed by atoms with E-state index >= 15 is 0 Å². The normalized spacial score (nSPS) is 19.9. The Balaban J connectivity index is 2.16. The van der Waals surface area contributed by atoms with Crippen LogP contribution >= 0.6 is 0 Å². The molecule has 2 N–H and O–H groups in total. The molecule has 0 radical (unpaired) electrons. The molecule has 0 aliphatic carbocycles. The van der Waals surface area contributed by atoms with Crippen molar-refractivity contribution in [3.63, 3.8) is 0 Å². The molecular formula is C15H24N2O. The maximum absolute atomic E-state index is 10.2. The van der Waals surface area contributed by atoms with Crippen molar-refractivity contribution in [3.8, 4) is 0 Å². The molecule has 100 valence electrons. The molecule has 1 aromatic carbocycles. The number of rotatable bonds is 4. The Hall–Kier alpha value is -0.900. The highest BCUT2D eigenvalue weighted by Crippen LogP contribution is 2.32. The van der Waals surface area contributed by atoms with Gasteiger partial charge in [-0.15, -0.1) is 0 Å². The first-order valence-corrected chi connectivity index (χ1v) is 6.82. The summed E-state index contributed by atoms with van der Waals surface area (Å²) >= 11 is 0. The van der Waals surface area contributed by atoms with Crippen molar-refractivity contribution in [1.29, 1.82) is 0 Å². The minimum Gasteiger partial charge on any atom is -0.387 e. The fourth-order valence-electron chi connectivity index (χ4n) is 2.81. The Morgan fingerprint density at radius 2 is 2.00 bits per heavy atom. The van der Waals surface area contributed by atoms with Crippen LogP contribution in [-0.4, -0.2) is 43.7 Å². The maximum Gasteiger partial charge on any atom is 0.0917 e. The molecule has 1 aromatic rings. The monoisotopic (exact) mass is 248 g/mol. The third-order valence-electron chi connectivity index (χ3n) is 3.91. The van der Waals surface area contributed by atoms with Gasteiger partial charge in [-0.25, -0.2) is 0 Å². The van der Waals surface area contributed by atoms with Gasteiger partial charge in [0, 0.05) is 6.54 Å². The smallest absolute Gasteiger partial charge is 0.0917 e. The van der Waals surface area contributed by atoms with E-state index in [2.05, 4.69) is 35.5 Å². The first-order chi connectivity index (χ1) is 8.72. The van der Waals surface area contributed by atoms with Gasteiger partial charge in [0.15, 0.2) is 0 Å². The van der Waals surface area contributed by atoms with Crippen molar-refractivity contribution in [1.82, 2.24) is 10.2 Å². The summed E-state index contributed by atoms with van der Waals surface area (Å²) in [6.07, 6.45) is 1.99. The van der Waals surface area contributed by atoms with Gasteiger partial charge < -0.3 is 15.3 Å². The van der Waals surface area contributed by atoms with Crippen LogP contribution in [0.4, 0.5) is 0 Å². The van der Waals surface area contributed by atoms with E-state index < -0.39 is 6.10 Å². The third kappa shape index (κ3) is 3.10. The summed E-state index contributed by atoms with van der Waals surface area (Å²) in [5, 5.41) is 13.3. The number of hydrogen-bond donors (Lipinski definition) is 2. The summed E-state index contributed by atoms with van der Waals surface area (Å²) in [6.45, 7) is 2.92. The molecule has 2 rings (SSSR count). The lowest BCUT2D eigenvalue weighted by Gasteiger charge is -2.31. The Morgan fingerprint density at radius 3 is 2.67 bits per heavy atom. The number of benzene rings is 1. The fraction of sp³-hybridized carbons (Fsp3) is 0.600. The van der Waals surface area contributed by atoms with Crippen molar-refractivity contribution in [2.75, 3.05) is 33.7 Å². The predicted molar refractivity (Wildman–Crippen MR) is 74.8 cm³/mol.